The van der Waals surface area contributed by atoms with Crippen LogP contribution in [0.5, 0.6) is 0 Å². The zero-order chi connectivity index (χ0) is 10.7. The third-order valence-electron chi connectivity index (χ3n) is 3.30. The number of hydrogen-bond donors (Lipinski definition) is 1. The first-order valence-electron chi connectivity index (χ1n) is 5.77. The van der Waals surface area contributed by atoms with Crippen LogP contribution >= 0.6 is 23.7 Å². The predicted molar refractivity (Wildman–Crippen MR) is 74.5 cm³/mol. The molecule has 1 aromatic heterocycles. The quantitative estimate of drug-likeness (QED) is 0.804. The monoisotopic (exact) mass is 257 g/mol. The van der Waals surface area contributed by atoms with Crippen LogP contribution in [-0.2, 0) is 5.54 Å². The Bertz CT molecular complexity index is 330. The average molecular weight is 258 g/mol. The fourth-order valence-electron chi connectivity index (χ4n) is 2.54. The maximum absolute atomic E-state index is 4.29. The second kappa shape index (κ2) is 5.85. The summed E-state index contributed by atoms with van der Waals surface area (Å²) in [5.74, 6) is 0. The Hall–Kier alpha value is -0.310. The van der Waals surface area contributed by atoms with Crippen LogP contribution in [0.4, 0.5) is 0 Å². The van der Waals surface area contributed by atoms with Crippen molar-refractivity contribution in [3.8, 4) is 0 Å². The molecule has 0 amide bonds. The molecule has 3 heteroatoms. The lowest BCUT2D eigenvalue weighted by Crippen LogP contribution is -2.44. The standard InChI is InChI=1S/C13H19NS.ClH/c1-3-14-13(12-8-6-10-15-12)9-5-4-7-11(13)2;/h6,8,10,14H,2-5,7,9H2,1H3;1H. The average Bonchev–Trinajstić information content (AvgIpc) is 2.75. The summed E-state index contributed by atoms with van der Waals surface area (Å²) >= 11 is 1.85. The number of hydrogen-bond acceptors (Lipinski definition) is 2. The minimum absolute atomic E-state index is 0. The maximum Gasteiger partial charge on any atom is 0.0741 e. The molecule has 0 spiro atoms. The fourth-order valence-corrected chi connectivity index (χ4v) is 3.52. The Morgan fingerprint density at radius 1 is 1.50 bits per heavy atom. The van der Waals surface area contributed by atoms with Crippen LogP contribution in [-0.4, -0.2) is 6.54 Å². The third kappa shape index (κ3) is 2.34. The van der Waals surface area contributed by atoms with Gasteiger partial charge in [0, 0.05) is 4.88 Å². The Morgan fingerprint density at radius 3 is 2.88 bits per heavy atom. The van der Waals surface area contributed by atoms with Crippen molar-refractivity contribution >= 4 is 23.7 Å². The fraction of sp³-hybridized carbons (Fsp3) is 0.538. The molecule has 0 saturated heterocycles. The van der Waals surface area contributed by atoms with E-state index >= 15 is 0 Å². The van der Waals surface area contributed by atoms with Crippen LogP contribution in [0.2, 0.25) is 0 Å². The number of likely N-dealkylation sites (N-methyl/N-ethyl adjacent to an activating group) is 1. The first kappa shape index (κ1) is 13.8. The molecule has 1 fully saturated rings. The van der Waals surface area contributed by atoms with Crippen LogP contribution in [0, 0.1) is 0 Å². The molecule has 0 aromatic carbocycles. The van der Waals surface area contributed by atoms with Crippen molar-refractivity contribution < 1.29 is 0 Å². The molecule has 90 valence electrons. The topological polar surface area (TPSA) is 12.0 Å². The van der Waals surface area contributed by atoms with E-state index in [1.54, 1.807) is 0 Å². The van der Waals surface area contributed by atoms with Gasteiger partial charge in [-0.05, 0) is 37.3 Å². The molecular weight excluding hydrogens is 238 g/mol. The number of nitrogens with one attached hydrogen (secondary N) is 1. The lowest BCUT2D eigenvalue weighted by atomic mass is 9.77. The first-order chi connectivity index (χ1) is 7.29. The Morgan fingerprint density at radius 2 is 2.31 bits per heavy atom. The zero-order valence-electron chi connectivity index (χ0n) is 9.79. The van der Waals surface area contributed by atoms with Gasteiger partial charge in [-0.2, -0.15) is 0 Å². The molecule has 1 unspecified atom stereocenters. The Balaban J connectivity index is 0.00000128. The van der Waals surface area contributed by atoms with E-state index in [0.29, 0.717) is 0 Å². The van der Waals surface area contributed by atoms with E-state index < -0.39 is 0 Å². The zero-order valence-corrected chi connectivity index (χ0v) is 11.4. The smallest absolute Gasteiger partial charge is 0.0741 e. The van der Waals surface area contributed by atoms with Crippen molar-refractivity contribution in [2.24, 2.45) is 0 Å². The molecule has 2 rings (SSSR count). The van der Waals surface area contributed by atoms with E-state index in [1.807, 2.05) is 11.3 Å². The van der Waals surface area contributed by atoms with Crippen LogP contribution < -0.4 is 5.32 Å². The van der Waals surface area contributed by atoms with E-state index in [1.165, 1.54) is 36.1 Å². The summed E-state index contributed by atoms with van der Waals surface area (Å²) in [5, 5.41) is 5.82. The molecule has 1 atom stereocenters. The van der Waals surface area contributed by atoms with E-state index in [2.05, 4.69) is 36.3 Å². The largest absolute Gasteiger partial charge is 0.304 e. The van der Waals surface area contributed by atoms with Crippen molar-refractivity contribution in [3.05, 3.63) is 34.5 Å². The summed E-state index contributed by atoms with van der Waals surface area (Å²) < 4.78 is 0. The van der Waals surface area contributed by atoms with Crippen molar-refractivity contribution in [1.29, 1.82) is 0 Å². The van der Waals surface area contributed by atoms with Gasteiger partial charge >= 0.3 is 0 Å². The summed E-state index contributed by atoms with van der Waals surface area (Å²) in [6.07, 6.45) is 4.99. The van der Waals surface area contributed by atoms with Crippen molar-refractivity contribution in [2.75, 3.05) is 6.54 Å². The molecular formula is C13H20ClNS. The molecule has 16 heavy (non-hydrogen) atoms. The van der Waals surface area contributed by atoms with Gasteiger partial charge in [-0.15, -0.1) is 23.7 Å². The molecule has 0 bridgehead atoms. The number of thiophene rings is 1. The molecule has 1 aromatic rings. The summed E-state index contributed by atoms with van der Waals surface area (Å²) in [7, 11) is 0. The predicted octanol–water partition coefficient (Wildman–Crippen LogP) is 4.10. The van der Waals surface area contributed by atoms with Gasteiger partial charge in [-0.25, -0.2) is 0 Å². The van der Waals surface area contributed by atoms with Crippen LogP contribution in [0.25, 0.3) is 0 Å². The molecule has 1 aliphatic carbocycles. The lowest BCUT2D eigenvalue weighted by Gasteiger charge is -2.39. The highest BCUT2D eigenvalue weighted by molar-refractivity contribution is 7.10. The molecule has 0 aliphatic heterocycles. The first-order valence-corrected chi connectivity index (χ1v) is 6.65. The van der Waals surface area contributed by atoms with Gasteiger partial charge < -0.3 is 5.32 Å². The maximum atomic E-state index is 4.29. The number of rotatable bonds is 3. The van der Waals surface area contributed by atoms with Gasteiger partial charge in [-0.3, -0.25) is 0 Å². The second-order valence-corrected chi connectivity index (χ2v) is 5.17. The SMILES string of the molecule is C=C1CCCCC1(NCC)c1cccs1.Cl. The van der Waals surface area contributed by atoms with Crippen molar-refractivity contribution in [1.82, 2.24) is 5.32 Å². The second-order valence-electron chi connectivity index (χ2n) is 4.22. The third-order valence-corrected chi connectivity index (χ3v) is 4.34. The van der Waals surface area contributed by atoms with Crippen molar-refractivity contribution in [2.45, 2.75) is 38.1 Å². The summed E-state index contributed by atoms with van der Waals surface area (Å²) in [6, 6.07) is 4.38. The highest BCUT2D eigenvalue weighted by Gasteiger charge is 2.36. The molecule has 1 heterocycles. The normalized spacial score (nSPS) is 25.2. The van der Waals surface area contributed by atoms with Crippen LogP contribution in [0.3, 0.4) is 0 Å². The van der Waals surface area contributed by atoms with E-state index in [-0.39, 0.29) is 17.9 Å². The highest BCUT2D eigenvalue weighted by atomic mass is 35.5. The van der Waals surface area contributed by atoms with E-state index in [9.17, 15) is 0 Å². The molecule has 0 radical (unpaired) electrons. The summed E-state index contributed by atoms with van der Waals surface area (Å²) in [5.41, 5.74) is 1.46. The highest BCUT2D eigenvalue weighted by Crippen LogP contribution is 2.42. The van der Waals surface area contributed by atoms with Gasteiger partial charge in [0.15, 0.2) is 0 Å². The Kier molecular flexibility index (Phi) is 5.03. The van der Waals surface area contributed by atoms with Gasteiger partial charge in [0.05, 0.1) is 5.54 Å². The molecule has 1 aliphatic rings. The summed E-state index contributed by atoms with van der Waals surface area (Å²) in [4.78, 5) is 1.44. The molecule has 1 N–H and O–H groups in total. The Labute approximate surface area is 108 Å². The van der Waals surface area contributed by atoms with Crippen molar-refractivity contribution in [3.63, 3.8) is 0 Å². The van der Waals surface area contributed by atoms with E-state index in [0.717, 1.165) is 6.54 Å². The van der Waals surface area contributed by atoms with Crippen LogP contribution in [0.15, 0.2) is 29.7 Å². The van der Waals surface area contributed by atoms with Gasteiger partial charge in [0.2, 0.25) is 0 Å². The number of halogens is 1. The van der Waals surface area contributed by atoms with Crippen LogP contribution in [0.1, 0.15) is 37.5 Å². The van der Waals surface area contributed by atoms with Gasteiger partial charge in [0.25, 0.3) is 0 Å². The molecule has 1 nitrogen and oxygen atoms in total. The minimum Gasteiger partial charge on any atom is -0.304 e. The van der Waals surface area contributed by atoms with Gasteiger partial charge in [-0.1, -0.05) is 31.6 Å². The minimum atomic E-state index is 0. The van der Waals surface area contributed by atoms with E-state index in [4.69, 9.17) is 0 Å². The summed E-state index contributed by atoms with van der Waals surface area (Å²) in [6.45, 7) is 7.48. The molecule has 1 saturated carbocycles. The van der Waals surface area contributed by atoms with Gasteiger partial charge in [0.1, 0.15) is 0 Å². The lowest BCUT2D eigenvalue weighted by molar-refractivity contribution is 0.324.